The van der Waals surface area contributed by atoms with Crippen LogP contribution in [0.2, 0.25) is 5.02 Å². The molecule has 0 spiro atoms. The molecular weight excluding hydrogens is 294 g/mol. The third-order valence-electron chi connectivity index (χ3n) is 3.20. The average molecular weight is 312 g/mol. The van der Waals surface area contributed by atoms with E-state index in [-0.39, 0.29) is 0 Å². The molecule has 0 aromatic heterocycles. The van der Waals surface area contributed by atoms with Gasteiger partial charge in [-0.3, -0.25) is 4.90 Å². The summed E-state index contributed by atoms with van der Waals surface area (Å²) in [5.74, 6) is -1.09. The van der Waals surface area contributed by atoms with E-state index in [2.05, 4.69) is 0 Å². The second-order valence-corrected chi connectivity index (χ2v) is 6.44. The minimum absolute atomic E-state index is 0.306. The summed E-state index contributed by atoms with van der Waals surface area (Å²) in [4.78, 5) is 25.1. The number of rotatable bonds is 1. The Labute approximate surface area is 128 Å². The number of carboxylic acids is 1. The van der Waals surface area contributed by atoms with Crippen LogP contribution in [-0.4, -0.2) is 34.2 Å². The van der Waals surface area contributed by atoms with Gasteiger partial charge in [-0.1, -0.05) is 17.7 Å². The van der Waals surface area contributed by atoms with Crippen molar-refractivity contribution in [3.05, 3.63) is 34.3 Å². The van der Waals surface area contributed by atoms with E-state index in [0.29, 0.717) is 23.6 Å². The maximum Gasteiger partial charge on any atom is 0.411 e. The fraction of sp³-hybridized carbons (Fsp3) is 0.467. The third-order valence-corrected chi connectivity index (χ3v) is 3.43. The Morgan fingerprint density at radius 1 is 1.38 bits per heavy atom. The van der Waals surface area contributed by atoms with Crippen LogP contribution in [0, 0.1) is 0 Å². The Morgan fingerprint density at radius 3 is 2.62 bits per heavy atom. The first-order valence-corrected chi connectivity index (χ1v) is 7.07. The number of nitrogens with zero attached hydrogens (tertiary/aromatic N) is 1. The number of ether oxygens (including phenoxy) is 1. The highest BCUT2D eigenvalue weighted by molar-refractivity contribution is 6.30. The molecular formula is C15H18ClNO4. The quantitative estimate of drug-likeness (QED) is 0.864. The molecule has 1 aliphatic heterocycles. The molecule has 0 bridgehead atoms. The number of aliphatic carboxylic acids is 1. The van der Waals surface area contributed by atoms with E-state index in [4.69, 9.17) is 16.3 Å². The topological polar surface area (TPSA) is 66.8 Å². The third kappa shape index (κ3) is 3.47. The Hall–Kier alpha value is -1.75. The van der Waals surface area contributed by atoms with Crippen molar-refractivity contribution in [3.8, 4) is 0 Å². The number of carbonyl (C=O) groups is 2. The van der Waals surface area contributed by atoms with Crippen molar-refractivity contribution in [3.63, 3.8) is 0 Å². The zero-order valence-electron chi connectivity index (χ0n) is 12.2. The molecule has 1 amide bonds. The molecule has 0 radical (unpaired) electrons. The number of carboxylic acid groups (broad SMARTS) is 1. The standard InChI is InChI=1S/C15H18ClNO4/c1-15(2,3)21-14(20)17-7-6-9-4-5-10(16)8-11(9)12(17)13(18)19/h4-5,8,12H,6-7H2,1-3H3,(H,18,19). The van der Waals surface area contributed by atoms with Crippen LogP contribution >= 0.6 is 11.6 Å². The highest BCUT2D eigenvalue weighted by Gasteiger charge is 2.38. The monoisotopic (exact) mass is 311 g/mol. The van der Waals surface area contributed by atoms with E-state index >= 15 is 0 Å². The molecule has 0 aliphatic carbocycles. The van der Waals surface area contributed by atoms with E-state index in [1.165, 1.54) is 4.90 Å². The van der Waals surface area contributed by atoms with Gasteiger partial charge in [0.1, 0.15) is 5.60 Å². The Bertz CT molecular complexity index is 580. The number of benzene rings is 1. The van der Waals surface area contributed by atoms with E-state index in [1.807, 2.05) is 0 Å². The van der Waals surface area contributed by atoms with Crippen LogP contribution < -0.4 is 0 Å². The summed E-state index contributed by atoms with van der Waals surface area (Å²) in [5, 5.41) is 9.95. The molecule has 1 heterocycles. The zero-order valence-corrected chi connectivity index (χ0v) is 13.0. The van der Waals surface area contributed by atoms with Crippen LogP contribution in [0.3, 0.4) is 0 Å². The highest BCUT2D eigenvalue weighted by atomic mass is 35.5. The summed E-state index contributed by atoms with van der Waals surface area (Å²) < 4.78 is 5.29. The van der Waals surface area contributed by atoms with E-state index in [1.54, 1.807) is 39.0 Å². The summed E-state index contributed by atoms with van der Waals surface area (Å²) in [7, 11) is 0. The SMILES string of the molecule is CC(C)(C)OC(=O)N1CCc2ccc(Cl)cc2C1C(=O)O. The molecule has 1 atom stereocenters. The summed E-state index contributed by atoms with van der Waals surface area (Å²) >= 11 is 5.95. The molecule has 1 aromatic rings. The number of hydrogen-bond donors (Lipinski definition) is 1. The maximum atomic E-state index is 12.2. The summed E-state index contributed by atoms with van der Waals surface area (Å²) in [5.41, 5.74) is 0.771. The van der Waals surface area contributed by atoms with Crippen molar-refractivity contribution in [2.45, 2.75) is 38.8 Å². The van der Waals surface area contributed by atoms with Gasteiger partial charge in [0, 0.05) is 11.6 Å². The fourth-order valence-electron chi connectivity index (χ4n) is 2.37. The van der Waals surface area contributed by atoms with Crippen LogP contribution in [-0.2, 0) is 16.0 Å². The van der Waals surface area contributed by atoms with Crippen molar-refractivity contribution in [1.82, 2.24) is 4.90 Å². The molecule has 114 valence electrons. The van der Waals surface area contributed by atoms with Crippen LogP contribution in [0.1, 0.15) is 37.9 Å². The molecule has 1 aliphatic rings. The van der Waals surface area contributed by atoms with Gasteiger partial charge in [-0.05, 0) is 50.5 Å². The molecule has 1 unspecified atom stereocenters. The normalized spacial score (nSPS) is 18.1. The first kappa shape index (κ1) is 15.6. The van der Waals surface area contributed by atoms with E-state index < -0.39 is 23.7 Å². The van der Waals surface area contributed by atoms with Crippen molar-refractivity contribution in [1.29, 1.82) is 0 Å². The molecule has 0 fully saturated rings. The first-order valence-electron chi connectivity index (χ1n) is 6.70. The van der Waals surface area contributed by atoms with Gasteiger partial charge < -0.3 is 9.84 Å². The lowest BCUT2D eigenvalue weighted by atomic mass is 9.93. The Morgan fingerprint density at radius 2 is 2.05 bits per heavy atom. The molecule has 0 saturated heterocycles. The Kier molecular flexibility index (Phi) is 4.14. The lowest BCUT2D eigenvalue weighted by Crippen LogP contribution is -2.45. The smallest absolute Gasteiger partial charge is 0.411 e. The van der Waals surface area contributed by atoms with Crippen molar-refractivity contribution in [2.24, 2.45) is 0 Å². The van der Waals surface area contributed by atoms with Crippen molar-refractivity contribution in [2.75, 3.05) is 6.54 Å². The molecule has 0 saturated carbocycles. The summed E-state index contributed by atoms with van der Waals surface area (Å²) in [6.45, 7) is 5.54. The summed E-state index contributed by atoms with van der Waals surface area (Å²) in [6.07, 6.45) is -0.0456. The average Bonchev–Trinajstić information content (AvgIpc) is 2.34. The van der Waals surface area contributed by atoms with Crippen LogP contribution in [0.15, 0.2) is 18.2 Å². The number of fused-ring (bicyclic) bond motifs is 1. The van der Waals surface area contributed by atoms with Gasteiger partial charge >= 0.3 is 12.1 Å². The summed E-state index contributed by atoms with van der Waals surface area (Å²) in [6, 6.07) is 4.07. The van der Waals surface area contributed by atoms with Gasteiger partial charge in [0.15, 0.2) is 6.04 Å². The predicted molar refractivity (Wildman–Crippen MR) is 78.5 cm³/mol. The molecule has 1 N–H and O–H groups in total. The number of carbonyl (C=O) groups excluding carboxylic acids is 1. The predicted octanol–water partition coefficient (Wildman–Crippen LogP) is 3.26. The molecule has 6 heteroatoms. The molecule has 1 aromatic carbocycles. The molecule has 2 rings (SSSR count). The fourth-order valence-corrected chi connectivity index (χ4v) is 2.55. The Balaban J connectivity index is 2.36. The van der Waals surface area contributed by atoms with Crippen molar-refractivity contribution < 1.29 is 19.4 Å². The zero-order chi connectivity index (χ0) is 15.8. The largest absolute Gasteiger partial charge is 0.479 e. The lowest BCUT2D eigenvalue weighted by Gasteiger charge is -2.35. The minimum Gasteiger partial charge on any atom is -0.479 e. The minimum atomic E-state index is -1.09. The van der Waals surface area contributed by atoms with Crippen LogP contribution in [0.25, 0.3) is 0 Å². The second kappa shape index (κ2) is 5.56. The van der Waals surface area contributed by atoms with Gasteiger partial charge in [0.05, 0.1) is 0 Å². The number of halogens is 1. The van der Waals surface area contributed by atoms with Gasteiger partial charge in [0.2, 0.25) is 0 Å². The number of hydrogen-bond acceptors (Lipinski definition) is 3. The second-order valence-electron chi connectivity index (χ2n) is 6.01. The molecule has 21 heavy (non-hydrogen) atoms. The van der Waals surface area contributed by atoms with Gasteiger partial charge in [0.25, 0.3) is 0 Å². The highest BCUT2D eigenvalue weighted by Crippen LogP contribution is 2.33. The lowest BCUT2D eigenvalue weighted by molar-refractivity contribution is -0.143. The van der Waals surface area contributed by atoms with Gasteiger partial charge in [-0.2, -0.15) is 0 Å². The van der Waals surface area contributed by atoms with Crippen LogP contribution in [0.4, 0.5) is 4.79 Å². The van der Waals surface area contributed by atoms with Gasteiger partial charge in [-0.15, -0.1) is 0 Å². The van der Waals surface area contributed by atoms with E-state index in [9.17, 15) is 14.7 Å². The number of amides is 1. The van der Waals surface area contributed by atoms with E-state index in [0.717, 1.165) is 5.56 Å². The van der Waals surface area contributed by atoms with Crippen molar-refractivity contribution >= 4 is 23.7 Å². The maximum absolute atomic E-state index is 12.2. The van der Waals surface area contributed by atoms with Gasteiger partial charge in [-0.25, -0.2) is 9.59 Å². The molecule has 5 nitrogen and oxygen atoms in total. The first-order chi connectivity index (χ1) is 9.69. The van der Waals surface area contributed by atoms with Crippen LogP contribution in [0.5, 0.6) is 0 Å².